The quantitative estimate of drug-likeness (QED) is 0.168. The fraction of sp³-hybridized carbons (Fsp3) is 0.0189. The largest absolute Gasteiger partial charge is 0.449 e. The molecule has 0 saturated heterocycles. The van der Waals surface area contributed by atoms with Gasteiger partial charge in [0.05, 0.1) is 22.6 Å². The number of benzene rings is 8. The third-order valence-electron chi connectivity index (χ3n) is 11.3. The highest BCUT2D eigenvalue weighted by Gasteiger charge is 2.48. The van der Waals surface area contributed by atoms with Gasteiger partial charge in [0.25, 0.3) is 0 Å². The summed E-state index contributed by atoms with van der Waals surface area (Å²) in [5, 5.41) is 9.55. The fourth-order valence-electron chi connectivity index (χ4n) is 8.71. The summed E-state index contributed by atoms with van der Waals surface area (Å²) in [5.74, 6) is 3.88. The van der Waals surface area contributed by atoms with Crippen molar-refractivity contribution in [3.05, 3.63) is 222 Å². The van der Waals surface area contributed by atoms with Gasteiger partial charge >= 0.3 is 0 Å². The lowest BCUT2D eigenvalue weighted by Crippen LogP contribution is -2.28. The smallest absolute Gasteiger partial charge is 0.181 e. The molecule has 0 atom stereocenters. The molecule has 0 radical (unpaired) electrons. The minimum absolute atomic E-state index is 0.452. The summed E-state index contributed by atoms with van der Waals surface area (Å²) in [6, 6.07) is 67.9. The second kappa shape index (κ2) is 13.8. The topological polar surface area (TPSA) is 80.9 Å². The first kappa shape index (κ1) is 34.1. The maximum absolute atomic E-state index is 9.55. The number of nitriles is 1. The Morgan fingerprint density at radius 3 is 1.69 bits per heavy atom. The van der Waals surface area contributed by atoms with Gasteiger partial charge < -0.3 is 9.47 Å². The number of ether oxygens (including phenoxy) is 2. The van der Waals surface area contributed by atoms with Crippen molar-refractivity contribution in [2.45, 2.75) is 5.41 Å². The highest BCUT2D eigenvalue weighted by molar-refractivity contribution is 5.92. The number of nitrogens with zero attached hydrogens (tertiary/aromatic N) is 4. The average Bonchev–Trinajstić information content (AvgIpc) is 3.63. The molecule has 0 bridgehead atoms. The molecule has 2 heterocycles. The van der Waals surface area contributed by atoms with Crippen LogP contribution in [0.3, 0.4) is 0 Å². The van der Waals surface area contributed by atoms with Gasteiger partial charge in [-0.15, -0.1) is 0 Å². The highest BCUT2D eigenvalue weighted by Crippen LogP contribution is 2.62. The van der Waals surface area contributed by atoms with Gasteiger partial charge in [-0.25, -0.2) is 15.0 Å². The van der Waals surface area contributed by atoms with E-state index < -0.39 is 5.41 Å². The van der Waals surface area contributed by atoms with Gasteiger partial charge in [0.2, 0.25) is 0 Å². The second-order valence-corrected chi connectivity index (χ2v) is 14.6. The Balaban J connectivity index is 1.06. The molecule has 2 aliphatic rings. The summed E-state index contributed by atoms with van der Waals surface area (Å²) in [6.45, 7) is 0. The van der Waals surface area contributed by atoms with Crippen molar-refractivity contribution >= 4 is 0 Å². The van der Waals surface area contributed by atoms with E-state index in [4.69, 9.17) is 24.4 Å². The highest BCUT2D eigenvalue weighted by atomic mass is 16.6. The number of aromatic nitrogens is 3. The number of rotatable bonds is 6. The van der Waals surface area contributed by atoms with Crippen LogP contribution in [0, 0.1) is 11.3 Å². The van der Waals surface area contributed by atoms with Crippen LogP contribution in [0.2, 0.25) is 0 Å². The van der Waals surface area contributed by atoms with Crippen molar-refractivity contribution in [2.24, 2.45) is 0 Å². The predicted molar refractivity (Wildman–Crippen MR) is 230 cm³/mol. The Kier molecular flexibility index (Phi) is 7.99. The van der Waals surface area contributed by atoms with Gasteiger partial charge in [-0.3, -0.25) is 0 Å². The van der Waals surface area contributed by atoms with Gasteiger partial charge in [0.15, 0.2) is 40.5 Å². The molecule has 6 nitrogen and oxygen atoms in total. The lowest BCUT2D eigenvalue weighted by molar-refractivity contribution is 0.361. The predicted octanol–water partition coefficient (Wildman–Crippen LogP) is 12.7. The van der Waals surface area contributed by atoms with E-state index in [2.05, 4.69) is 97.1 Å². The van der Waals surface area contributed by atoms with Crippen LogP contribution in [0.5, 0.6) is 23.0 Å². The van der Waals surface area contributed by atoms with Gasteiger partial charge in [0, 0.05) is 16.7 Å². The molecule has 8 aromatic carbocycles. The van der Waals surface area contributed by atoms with E-state index in [9.17, 15) is 5.26 Å². The summed E-state index contributed by atoms with van der Waals surface area (Å²) in [5.41, 5.74) is 11.1. The Hall–Kier alpha value is -8.14. The van der Waals surface area contributed by atoms with E-state index in [-0.39, 0.29) is 0 Å². The normalized spacial score (nSPS) is 12.8. The maximum atomic E-state index is 9.55. The van der Waals surface area contributed by atoms with Gasteiger partial charge in [0.1, 0.15) is 0 Å². The number of para-hydroxylation sites is 1. The SMILES string of the molecule is N#Cc1cccc(-c2cccc(-c3nc(-c4ccccc4)nc(-c4cccc5c4Oc4ccc6c(c4O5)-c4ccccc4C6(c4ccccc4)c4ccccc4)n3)c2)c1. The van der Waals surface area contributed by atoms with Crippen LogP contribution < -0.4 is 9.47 Å². The summed E-state index contributed by atoms with van der Waals surface area (Å²) in [7, 11) is 0. The zero-order valence-electron chi connectivity index (χ0n) is 31.6. The van der Waals surface area contributed by atoms with E-state index in [1.54, 1.807) is 6.07 Å². The summed E-state index contributed by atoms with van der Waals surface area (Å²) >= 11 is 0. The molecule has 0 saturated carbocycles. The first-order valence-corrected chi connectivity index (χ1v) is 19.5. The van der Waals surface area contributed by atoms with Gasteiger partial charge in [-0.1, -0.05) is 158 Å². The van der Waals surface area contributed by atoms with Gasteiger partial charge in [-0.05, 0) is 75.3 Å². The lowest BCUT2D eigenvalue weighted by atomic mass is 9.68. The molecule has 276 valence electrons. The molecular formula is C53H32N4O2. The Labute approximate surface area is 341 Å². The summed E-state index contributed by atoms with van der Waals surface area (Å²) < 4.78 is 13.9. The Bertz CT molecular complexity index is 3080. The molecule has 0 amide bonds. The number of hydrogen-bond donors (Lipinski definition) is 0. The minimum atomic E-state index is -0.570. The molecule has 6 heteroatoms. The molecule has 11 rings (SSSR count). The monoisotopic (exact) mass is 756 g/mol. The van der Waals surface area contributed by atoms with Crippen LogP contribution in [-0.4, -0.2) is 15.0 Å². The summed E-state index contributed by atoms with van der Waals surface area (Å²) in [4.78, 5) is 15.1. The second-order valence-electron chi connectivity index (χ2n) is 14.6. The molecule has 59 heavy (non-hydrogen) atoms. The van der Waals surface area contributed by atoms with Crippen molar-refractivity contribution in [1.29, 1.82) is 5.26 Å². The molecule has 0 N–H and O–H groups in total. The zero-order chi connectivity index (χ0) is 39.3. The molecule has 1 aromatic heterocycles. The van der Waals surface area contributed by atoms with Crippen LogP contribution in [-0.2, 0) is 5.41 Å². The molecule has 0 fully saturated rings. The van der Waals surface area contributed by atoms with Crippen molar-refractivity contribution in [2.75, 3.05) is 0 Å². The van der Waals surface area contributed by atoms with Crippen LogP contribution in [0.4, 0.5) is 0 Å². The van der Waals surface area contributed by atoms with E-state index in [0.29, 0.717) is 51.6 Å². The first-order chi connectivity index (χ1) is 29.2. The van der Waals surface area contributed by atoms with Crippen LogP contribution in [0.1, 0.15) is 27.8 Å². The van der Waals surface area contributed by atoms with E-state index >= 15 is 0 Å². The standard InChI is InChI=1S/C53H32N4O2/c54-33-34-15-12-18-36(31-34)37-19-13-20-38(32-37)51-55-50(35-16-4-1-5-17-35)56-52(57-51)42-26-14-28-45-48(42)58-46-30-29-44-47(49(46)59-45)41-25-10-11-27-43(41)53(44,39-21-6-2-7-22-39)40-23-8-3-9-24-40/h1-32H. The van der Waals surface area contributed by atoms with E-state index in [1.165, 1.54) is 16.7 Å². The van der Waals surface area contributed by atoms with E-state index in [0.717, 1.165) is 38.9 Å². The Morgan fingerprint density at radius 2 is 0.949 bits per heavy atom. The maximum Gasteiger partial charge on any atom is 0.181 e. The molecule has 1 aliphatic heterocycles. The zero-order valence-corrected chi connectivity index (χ0v) is 31.6. The van der Waals surface area contributed by atoms with Gasteiger partial charge in [-0.2, -0.15) is 5.26 Å². The molecule has 0 unspecified atom stereocenters. The molecule has 0 spiro atoms. The molecule has 9 aromatic rings. The van der Waals surface area contributed by atoms with Crippen LogP contribution >= 0.6 is 0 Å². The summed E-state index contributed by atoms with van der Waals surface area (Å²) in [6.07, 6.45) is 0. The minimum Gasteiger partial charge on any atom is -0.449 e. The molecule has 1 aliphatic carbocycles. The van der Waals surface area contributed by atoms with E-state index in [1.807, 2.05) is 97.1 Å². The van der Waals surface area contributed by atoms with Crippen molar-refractivity contribution in [3.63, 3.8) is 0 Å². The number of hydrogen-bond acceptors (Lipinski definition) is 6. The third-order valence-corrected chi connectivity index (χ3v) is 11.3. The Morgan fingerprint density at radius 1 is 0.407 bits per heavy atom. The van der Waals surface area contributed by atoms with Crippen molar-refractivity contribution in [3.8, 4) is 85.5 Å². The number of fused-ring (bicyclic) bond motifs is 6. The average molecular weight is 757 g/mol. The fourth-order valence-corrected chi connectivity index (χ4v) is 8.71. The first-order valence-electron chi connectivity index (χ1n) is 19.5. The molecular weight excluding hydrogens is 725 g/mol. The van der Waals surface area contributed by atoms with Crippen molar-refractivity contribution < 1.29 is 9.47 Å². The van der Waals surface area contributed by atoms with Crippen LogP contribution in [0.15, 0.2) is 194 Å². The lowest BCUT2D eigenvalue weighted by Gasteiger charge is -2.34. The third kappa shape index (κ3) is 5.52. The van der Waals surface area contributed by atoms with Crippen molar-refractivity contribution in [1.82, 2.24) is 15.0 Å². The van der Waals surface area contributed by atoms with Crippen LogP contribution in [0.25, 0.3) is 56.4 Å².